The molecule has 88 valence electrons. The number of aryl methyl sites for hydroxylation is 1. The Labute approximate surface area is 104 Å². The van der Waals surface area contributed by atoms with E-state index in [2.05, 4.69) is 26.0 Å². The van der Waals surface area contributed by atoms with Gasteiger partial charge in [0.25, 0.3) is 0 Å². The van der Waals surface area contributed by atoms with Crippen molar-refractivity contribution < 1.29 is 9.53 Å². The minimum atomic E-state index is -0.205. The van der Waals surface area contributed by atoms with Crippen molar-refractivity contribution >= 4 is 27.6 Å². The van der Waals surface area contributed by atoms with Gasteiger partial charge in [-0.1, -0.05) is 12.1 Å². The molecular weight excluding hydrogens is 270 g/mol. The van der Waals surface area contributed by atoms with Crippen LogP contribution in [0.25, 0.3) is 0 Å². The van der Waals surface area contributed by atoms with Crippen LogP contribution in [0, 0.1) is 6.92 Å². The van der Waals surface area contributed by atoms with Crippen molar-refractivity contribution in [3.05, 3.63) is 28.2 Å². The molecule has 0 fully saturated rings. The molecule has 4 heteroatoms. The Balaban J connectivity index is 2.66. The zero-order valence-electron chi connectivity index (χ0n) is 9.71. The minimum Gasteiger partial charge on any atom is -0.469 e. The van der Waals surface area contributed by atoms with Gasteiger partial charge in [0.05, 0.1) is 13.5 Å². The highest BCUT2D eigenvalue weighted by Crippen LogP contribution is 2.26. The standard InChI is InChI=1S/C12H16BrNO2/c1-8-5-4-6-10(12(8)13)14-9(2)7-11(15)16-3/h4-6,9,14H,7H2,1-3H3. The lowest BCUT2D eigenvalue weighted by molar-refractivity contribution is -0.140. The van der Waals surface area contributed by atoms with Crippen LogP contribution in [0.4, 0.5) is 5.69 Å². The van der Waals surface area contributed by atoms with Gasteiger partial charge in [0.2, 0.25) is 0 Å². The van der Waals surface area contributed by atoms with Crippen molar-refractivity contribution in [3.63, 3.8) is 0 Å². The van der Waals surface area contributed by atoms with Gasteiger partial charge in [-0.15, -0.1) is 0 Å². The normalized spacial score (nSPS) is 12.0. The second-order valence-corrected chi connectivity index (χ2v) is 4.56. The molecule has 0 saturated carbocycles. The van der Waals surface area contributed by atoms with Gasteiger partial charge in [0.15, 0.2) is 0 Å². The Morgan fingerprint density at radius 3 is 2.88 bits per heavy atom. The first-order valence-electron chi connectivity index (χ1n) is 5.13. The molecule has 0 heterocycles. The fraction of sp³-hybridized carbons (Fsp3) is 0.417. The number of hydrogen-bond acceptors (Lipinski definition) is 3. The van der Waals surface area contributed by atoms with Gasteiger partial charge in [-0.05, 0) is 41.4 Å². The lowest BCUT2D eigenvalue weighted by atomic mass is 10.2. The molecule has 1 rings (SSSR count). The maximum absolute atomic E-state index is 11.1. The van der Waals surface area contributed by atoms with E-state index in [0.717, 1.165) is 15.7 Å². The van der Waals surface area contributed by atoms with E-state index in [4.69, 9.17) is 0 Å². The first-order valence-corrected chi connectivity index (χ1v) is 5.92. The number of hydrogen-bond donors (Lipinski definition) is 1. The second kappa shape index (κ2) is 5.89. The van der Waals surface area contributed by atoms with Crippen molar-refractivity contribution in [2.24, 2.45) is 0 Å². The number of nitrogens with one attached hydrogen (secondary N) is 1. The van der Waals surface area contributed by atoms with Crippen LogP contribution < -0.4 is 5.32 Å². The van der Waals surface area contributed by atoms with Gasteiger partial charge < -0.3 is 10.1 Å². The molecule has 0 amide bonds. The highest BCUT2D eigenvalue weighted by atomic mass is 79.9. The van der Waals surface area contributed by atoms with Crippen molar-refractivity contribution in [2.75, 3.05) is 12.4 Å². The molecule has 1 aromatic carbocycles. The van der Waals surface area contributed by atoms with Gasteiger partial charge >= 0.3 is 5.97 Å². The molecule has 0 spiro atoms. The quantitative estimate of drug-likeness (QED) is 0.864. The summed E-state index contributed by atoms with van der Waals surface area (Å²) in [4.78, 5) is 11.1. The van der Waals surface area contributed by atoms with Crippen LogP contribution in [-0.2, 0) is 9.53 Å². The van der Waals surface area contributed by atoms with Gasteiger partial charge in [0.1, 0.15) is 0 Å². The summed E-state index contributed by atoms with van der Waals surface area (Å²) in [7, 11) is 1.40. The van der Waals surface area contributed by atoms with E-state index in [-0.39, 0.29) is 12.0 Å². The van der Waals surface area contributed by atoms with Crippen molar-refractivity contribution in [2.45, 2.75) is 26.3 Å². The van der Waals surface area contributed by atoms with Gasteiger partial charge in [-0.25, -0.2) is 0 Å². The zero-order valence-corrected chi connectivity index (χ0v) is 11.3. The van der Waals surface area contributed by atoms with Crippen molar-refractivity contribution in [3.8, 4) is 0 Å². The smallest absolute Gasteiger partial charge is 0.307 e. The summed E-state index contributed by atoms with van der Waals surface area (Å²) >= 11 is 3.51. The summed E-state index contributed by atoms with van der Waals surface area (Å²) in [5.41, 5.74) is 2.16. The lowest BCUT2D eigenvalue weighted by Gasteiger charge is -2.16. The van der Waals surface area contributed by atoms with E-state index in [1.807, 2.05) is 32.0 Å². The SMILES string of the molecule is COC(=O)CC(C)Nc1cccc(C)c1Br. The van der Waals surface area contributed by atoms with Crippen LogP contribution in [0.1, 0.15) is 18.9 Å². The summed E-state index contributed by atoms with van der Waals surface area (Å²) < 4.78 is 5.66. The molecule has 1 aromatic rings. The van der Waals surface area contributed by atoms with Crippen LogP contribution in [-0.4, -0.2) is 19.1 Å². The number of ether oxygens (including phenoxy) is 1. The Morgan fingerprint density at radius 1 is 1.56 bits per heavy atom. The number of methoxy groups -OCH3 is 1. The number of carbonyl (C=O) groups excluding carboxylic acids is 1. The summed E-state index contributed by atoms with van der Waals surface area (Å²) in [5, 5.41) is 3.27. The first-order chi connectivity index (χ1) is 7.54. The van der Waals surface area contributed by atoms with Crippen LogP contribution in [0.2, 0.25) is 0 Å². The highest BCUT2D eigenvalue weighted by molar-refractivity contribution is 9.10. The zero-order chi connectivity index (χ0) is 12.1. The molecule has 0 radical (unpaired) electrons. The van der Waals surface area contributed by atoms with E-state index in [9.17, 15) is 4.79 Å². The second-order valence-electron chi connectivity index (χ2n) is 3.76. The molecule has 16 heavy (non-hydrogen) atoms. The molecule has 0 aliphatic rings. The first kappa shape index (κ1) is 13.0. The Hall–Kier alpha value is -1.03. The maximum Gasteiger partial charge on any atom is 0.307 e. The highest BCUT2D eigenvalue weighted by Gasteiger charge is 2.10. The Morgan fingerprint density at radius 2 is 2.25 bits per heavy atom. The maximum atomic E-state index is 11.1. The largest absolute Gasteiger partial charge is 0.469 e. The summed E-state index contributed by atoms with van der Waals surface area (Å²) in [5.74, 6) is -0.205. The van der Waals surface area contributed by atoms with Crippen LogP contribution >= 0.6 is 15.9 Å². The van der Waals surface area contributed by atoms with Gasteiger partial charge in [-0.2, -0.15) is 0 Å². The molecule has 1 atom stereocenters. The molecule has 0 aliphatic carbocycles. The lowest BCUT2D eigenvalue weighted by Crippen LogP contribution is -2.20. The van der Waals surface area contributed by atoms with Crippen molar-refractivity contribution in [1.82, 2.24) is 0 Å². The third-order valence-electron chi connectivity index (χ3n) is 2.29. The molecule has 1 N–H and O–H groups in total. The van der Waals surface area contributed by atoms with Crippen LogP contribution in [0.5, 0.6) is 0 Å². The molecule has 0 aliphatic heterocycles. The number of anilines is 1. The van der Waals surface area contributed by atoms with Crippen molar-refractivity contribution in [1.29, 1.82) is 0 Å². The van der Waals surface area contributed by atoms with E-state index in [0.29, 0.717) is 6.42 Å². The summed E-state index contributed by atoms with van der Waals surface area (Å²) in [6, 6.07) is 6.03. The molecular formula is C12H16BrNO2. The Bertz CT molecular complexity index is 379. The third-order valence-corrected chi connectivity index (χ3v) is 3.35. The van der Waals surface area contributed by atoms with E-state index < -0.39 is 0 Å². The van der Waals surface area contributed by atoms with Gasteiger partial charge in [0, 0.05) is 16.2 Å². The van der Waals surface area contributed by atoms with Crippen LogP contribution in [0.3, 0.4) is 0 Å². The number of carbonyl (C=O) groups is 1. The molecule has 1 unspecified atom stereocenters. The molecule has 3 nitrogen and oxygen atoms in total. The number of esters is 1. The third kappa shape index (κ3) is 3.52. The average molecular weight is 286 g/mol. The van der Waals surface area contributed by atoms with E-state index in [1.165, 1.54) is 7.11 Å². The van der Waals surface area contributed by atoms with E-state index >= 15 is 0 Å². The molecule has 0 saturated heterocycles. The van der Waals surface area contributed by atoms with E-state index in [1.54, 1.807) is 0 Å². The number of benzene rings is 1. The molecule has 0 aromatic heterocycles. The molecule has 0 bridgehead atoms. The minimum absolute atomic E-state index is 0.0468. The van der Waals surface area contributed by atoms with Gasteiger partial charge in [-0.3, -0.25) is 4.79 Å². The topological polar surface area (TPSA) is 38.3 Å². The Kier molecular flexibility index (Phi) is 4.80. The average Bonchev–Trinajstić information content (AvgIpc) is 2.24. The fourth-order valence-electron chi connectivity index (χ4n) is 1.41. The fourth-order valence-corrected chi connectivity index (χ4v) is 1.79. The summed E-state index contributed by atoms with van der Waals surface area (Å²) in [6.07, 6.45) is 0.358. The number of halogens is 1. The predicted molar refractivity (Wildman–Crippen MR) is 68.6 cm³/mol. The summed E-state index contributed by atoms with van der Waals surface area (Å²) in [6.45, 7) is 3.98. The van der Waals surface area contributed by atoms with Crippen LogP contribution in [0.15, 0.2) is 22.7 Å². The monoisotopic (exact) mass is 285 g/mol. The number of rotatable bonds is 4. The predicted octanol–water partition coefficient (Wildman–Crippen LogP) is 3.12.